The summed E-state index contributed by atoms with van der Waals surface area (Å²) < 4.78 is 48.6. The summed E-state index contributed by atoms with van der Waals surface area (Å²) in [5.41, 5.74) is 1.19. The molecule has 56 heavy (non-hydrogen) atoms. The maximum Gasteiger partial charge on any atom is 0.422 e. The quantitative estimate of drug-likeness (QED) is 0.0866. The molecule has 2 bridgehead atoms. The van der Waals surface area contributed by atoms with Crippen molar-refractivity contribution in [3.8, 4) is 6.01 Å². The number of halogens is 4. The minimum Gasteiger partial charge on any atom is -0.467 e. The van der Waals surface area contributed by atoms with Crippen LogP contribution in [-0.2, 0) is 24.7 Å². The summed E-state index contributed by atoms with van der Waals surface area (Å²) >= 11 is 6.04. The van der Waals surface area contributed by atoms with E-state index in [1.807, 2.05) is 12.1 Å². The Hall–Kier alpha value is -4.99. The number of carbonyl (C=O) groups is 4. The number of ketones is 1. The summed E-state index contributed by atoms with van der Waals surface area (Å²) in [6.45, 7) is 2.92. The molecule has 4 aliphatic carbocycles. The SMILES string of the molecule is COC(=O)[C@H](CCNC(=O)C(=O)CCC1CC[C@H]2C[C@@H]1C2(C)C)NC(=O)c1ccc(Nc2nc(NC3(c4ccc(Cl)cc4)CC3)nc(OCC(F)(F)F)n2)cc1. The van der Waals surface area contributed by atoms with Gasteiger partial charge in [0, 0.05) is 29.2 Å². The third-order valence-electron chi connectivity index (χ3n) is 11.4. The molecule has 4 atom stereocenters. The highest BCUT2D eigenvalue weighted by atomic mass is 35.5. The zero-order valence-electron chi connectivity index (χ0n) is 31.3. The first kappa shape index (κ1) is 40.7. The fourth-order valence-electron chi connectivity index (χ4n) is 7.91. The molecular formula is C39H45ClF3N7O6. The van der Waals surface area contributed by atoms with E-state index in [-0.39, 0.29) is 36.8 Å². The van der Waals surface area contributed by atoms with E-state index in [0.29, 0.717) is 34.4 Å². The molecule has 0 aliphatic heterocycles. The Kier molecular flexibility index (Phi) is 12.1. The van der Waals surface area contributed by atoms with E-state index in [2.05, 4.69) is 50.1 Å². The number of nitrogens with one attached hydrogen (secondary N) is 4. The number of hydrogen-bond acceptors (Lipinski definition) is 11. The number of nitrogens with zero attached hydrogens (tertiary/aromatic N) is 3. The van der Waals surface area contributed by atoms with Gasteiger partial charge in [0.15, 0.2) is 6.61 Å². The smallest absolute Gasteiger partial charge is 0.422 e. The Morgan fingerprint density at radius 1 is 0.964 bits per heavy atom. The summed E-state index contributed by atoms with van der Waals surface area (Å²) in [4.78, 5) is 63.2. The highest BCUT2D eigenvalue weighted by Gasteiger charge is 2.53. The molecule has 7 rings (SSSR count). The van der Waals surface area contributed by atoms with Crippen molar-refractivity contribution in [3.05, 3.63) is 64.7 Å². The number of alkyl halides is 3. The van der Waals surface area contributed by atoms with Crippen LogP contribution in [0, 0.1) is 23.2 Å². The average molecular weight is 800 g/mol. The molecule has 2 amide bonds. The molecule has 17 heteroatoms. The predicted molar refractivity (Wildman–Crippen MR) is 200 cm³/mol. The van der Waals surface area contributed by atoms with Gasteiger partial charge in [0.25, 0.3) is 11.8 Å². The van der Waals surface area contributed by atoms with Gasteiger partial charge in [0.2, 0.25) is 17.7 Å². The van der Waals surface area contributed by atoms with Gasteiger partial charge in [-0.1, -0.05) is 37.6 Å². The molecule has 4 saturated carbocycles. The highest BCUT2D eigenvalue weighted by Crippen LogP contribution is 2.62. The number of rotatable bonds is 17. The van der Waals surface area contributed by atoms with Gasteiger partial charge in [-0.25, -0.2) is 4.79 Å². The highest BCUT2D eigenvalue weighted by molar-refractivity contribution is 6.36. The summed E-state index contributed by atoms with van der Waals surface area (Å²) in [6, 6.07) is 11.4. The Morgan fingerprint density at radius 3 is 2.29 bits per heavy atom. The number of hydrogen-bond donors (Lipinski definition) is 4. The number of esters is 1. The van der Waals surface area contributed by atoms with Gasteiger partial charge in [-0.3, -0.25) is 14.4 Å². The van der Waals surface area contributed by atoms with Crippen molar-refractivity contribution in [3.63, 3.8) is 0 Å². The van der Waals surface area contributed by atoms with Gasteiger partial charge in [-0.15, -0.1) is 0 Å². The van der Waals surface area contributed by atoms with Crippen molar-refractivity contribution in [1.82, 2.24) is 25.6 Å². The number of benzene rings is 2. The molecule has 4 N–H and O–H groups in total. The molecule has 1 aromatic heterocycles. The van der Waals surface area contributed by atoms with Crippen LogP contribution in [0.3, 0.4) is 0 Å². The number of carbonyl (C=O) groups excluding carboxylic acids is 4. The molecule has 13 nitrogen and oxygen atoms in total. The molecule has 300 valence electrons. The lowest BCUT2D eigenvalue weighted by Crippen LogP contribution is -2.52. The van der Waals surface area contributed by atoms with E-state index < -0.39 is 53.9 Å². The van der Waals surface area contributed by atoms with Gasteiger partial charge in [-0.2, -0.15) is 28.1 Å². The van der Waals surface area contributed by atoms with Crippen molar-refractivity contribution in [2.45, 2.75) is 83.0 Å². The monoisotopic (exact) mass is 799 g/mol. The van der Waals surface area contributed by atoms with E-state index >= 15 is 0 Å². The number of anilines is 3. The normalized spacial score (nSPS) is 20.7. The largest absolute Gasteiger partial charge is 0.467 e. The fraction of sp³-hybridized carbons (Fsp3) is 0.513. The Labute approximate surface area is 327 Å². The van der Waals surface area contributed by atoms with Gasteiger partial charge in [-0.05, 0) is 110 Å². The molecule has 2 aromatic carbocycles. The number of methoxy groups -OCH3 is 1. The lowest BCUT2D eigenvalue weighted by Gasteiger charge is -2.60. The van der Waals surface area contributed by atoms with Crippen LogP contribution in [0.2, 0.25) is 5.02 Å². The number of amides is 2. The van der Waals surface area contributed by atoms with Gasteiger partial charge in [0.1, 0.15) is 6.04 Å². The Bertz CT molecular complexity index is 1920. The minimum absolute atomic E-state index is 0.0164. The van der Waals surface area contributed by atoms with E-state index in [1.54, 1.807) is 12.1 Å². The lowest BCUT2D eigenvalue weighted by molar-refractivity contribution is -0.154. The number of Topliss-reactive ketones (excluding diaryl/α,β-unsaturated/α-hetero) is 1. The second-order valence-corrected chi connectivity index (χ2v) is 15.8. The van der Waals surface area contributed by atoms with Crippen LogP contribution in [0.4, 0.5) is 30.8 Å². The molecule has 0 radical (unpaired) electrons. The number of aromatic nitrogens is 3. The van der Waals surface area contributed by atoms with Crippen LogP contribution >= 0.6 is 11.6 Å². The second kappa shape index (κ2) is 16.6. The van der Waals surface area contributed by atoms with Crippen molar-refractivity contribution in [2.75, 3.05) is 30.9 Å². The zero-order valence-corrected chi connectivity index (χ0v) is 32.1. The molecule has 4 fully saturated rings. The molecule has 3 aromatic rings. The molecule has 0 saturated heterocycles. The third kappa shape index (κ3) is 9.87. The summed E-state index contributed by atoms with van der Waals surface area (Å²) in [5, 5.41) is 11.8. The van der Waals surface area contributed by atoms with Crippen LogP contribution in [0.1, 0.15) is 81.1 Å². The van der Waals surface area contributed by atoms with E-state index in [0.717, 1.165) is 37.2 Å². The lowest BCUT2D eigenvalue weighted by atomic mass is 9.45. The van der Waals surface area contributed by atoms with Crippen LogP contribution in [0.25, 0.3) is 0 Å². The number of fused-ring (bicyclic) bond motifs is 2. The minimum atomic E-state index is -4.63. The Morgan fingerprint density at radius 2 is 1.66 bits per heavy atom. The molecule has 4 aliphatic rings. The Balaban J connectivity index is 1.03. The maximum absolute atomic E-state index is 13.1. The predicted octanol–water partition coefficient (Wildman–Crippen LogP) is 6.51. The first-order valence-electron chi connectivity index (χ1n) is 18.6. The molecule has 1 unspecified atom stereocenters. The summed E-state index contributed by atoms with van der Waals surface area (Å²) in [5.74, 6) is -0.934. The third-order valence-corrected chi connectivity index (χ3v) is 11.6. The van der Waals surface area contributed by atoms with E-state index in [1.165, 1.54) is 37.8 Å². The fourth-order valence-corrected chi connectivity index (χ4v) is 8.03. The maximum atomic E-state index is 13.1. The van der Waals surface area contributed by atoms with Crippen LogP contribution in [-0.4, -0.2) is 71.0 Å². The van der Waals surface area contributed by atoms with Crippen molar-refractivity contribution in [2.24, 2.45) is 23.2 Å². The molecular weight excluding hydrogens is 755 g/mol. The van der Waals surface area contributed by atoms with Gasteiger partial charge >= 0.3 is 18.2 Å². The molecule has 0 spiro atoms. The van der Waals surface area contributed by atoms with Crippen LogP contribution in [0.5, 0.6) is 6.01 Å². The first-order valence-corrected chi connectivity index (χ1v) is 19.0. The van der Waals surface area contributed by atoms with Crippen LogP contribution in [0.15, 0.2) is 48.5 Å². The topological polar surface area (TPSA) is 174 Å². The van der Waals surface area contributed by atoms with E-state index in [4.69, 9.17) is 21.1 Å². The van der Waals surface area contributed by atoms with Crippen molar-refractivity contribution < 1.29 is 41.8 Å². The standard InChI is InChI=1S/C39H45ClF3N7O6/c1-37(2)25-8-4-22(28(37)20-25)7-15-30(51)32(53)44-19-16-29(33(54)55-3)46-31(52)23-5-13-27(14-6-23)45-34-47-35(49-36(48-34)56-21-39(41,42)43)50-38(17-18-38)24-9-11-26(40)12-10-24/h5-6,9-14,22,25,28-29H,4,7-8,15-21H2,1-3H3,(H,44,53)(H,46,52)(H2,45,47,48,49,50)/t22?,25-,28-,29-/m0/s1. The van der Waals surface area contributed by atoms with Crippen molar-refractivity contribution >= 4 is 52.8 Å². The zero-order chi connectivity index (χ0) is 40.3. The first-order chi connectivity index (χ1) is 26.5. The summed E-state index contributed by atoms with van der Waals surface area (Å²) in [6.07, 6.45) is 1.08. The van der Waals surface area contributed by atoms with Crippen LogP contribution < -0.4 is 26.0 Å². The van der Waals surface area contributed by atoms with E-state index in [9.17, 15) is 32.3 Å². The summed E-state index contributed by atoms with van der Waals surface area (Å²) in [7, 11) is 1.17. The number of ether oxygens (including phenoxy) is 2. The second-order valence-electron chi connectivity index (χ2n) is 15.3. The average Bonchev–Trinajstić information content (AvgIpc) is 3.95. The van der Waals surface area contributed by atoms with Gasteiger partial charge < -0.3 is 30.7 Å². The van der Waals surface area contributed by atoms with Crippen molar-refractivity contribution in [1.29, 1.82) is 0 Å². The van der Waals surface area contributed by atoms with Gasteiger partial charge in [0.05, 0.1) is 12.6 Å². The molecule has 1 heterocycles.